The van der Waals surface area contributed by atoms with Gasteiger partial charge in [-0.25, -0.2) is 9.38 Å². The van der Waals surface area contributed by atoms with E-state index in [0.29, 0.717) is 12.5 Å². The highest BCUT2D eigenvalue weighted by Gasteiger charge is 2.17. The maximum absolute atomic E-state index is 12.6. The van der Waals surface area contributed by atoms with Crippen molar-refractivity contribution in [3.05, 3.63) is 35.6 Å². The third-order valence-corrected chi connectivity index (χ3v) is 2.04. The van der Waals surface area contributed by atoms with Crippen molar-refractivity contribution >= 4 is 5.90 Å². The summed E-state index contributed by atoms with van der Waals surface area (Å²) in [5, 5.41) is 0. The van der Waals surface area contributed by atoms with Gasteiger partial charge in [-0.15, -0.1) is 0 Å². The number of rotatable bonds is 1. The van der Waals surface area contributed by atoms with Gasteiger partial charge in [0.15, 0.2) is 5.90 Å². The minimum absolute atomic E-state index is 0.0422. The molecular formula is C12H16FNO. The number of benzene rings is 1. The molecule has 0 amide bonds. The molecule has 3 heteroatoms. The van der Waals surface area contributed by atoms with Crippen LogP contribution in [0.3, 0.4) is 0 Å². The van der Waals surface area contributed by atoms with Crippen molar-refractivity contribution in [1.82, 2.24) is 0 Å². The number of nitrogens with zero attached hydrogens (tertiary/aromatic N) is 1. The van der Waals surface area contributed by atoms with Crippen molar-refractivity contribution in [3.63, 3.8) is 0 Å². The normalized spacial score (nSPS) is 18.7. The van der Waals surface area contributed by atoms with Crippen molar-refractivity contribution in [2.45, 2.75) is 26.8 Å². The van der Waals surface area contributed by atoms with Gasteiger partial charge in [0.1, 0.15) is 18.5 Å². The largest absolute Gasteiger partial charge is 0.479 e. The van der Waals surface area contributed by atoms with Crippen molar-refractivity contribution in [2.75, 3.05) is 6.61 Å². The minimum atomic E-state index is -0.219. The minimum Gasteiger partial charge on any atom is -0.479 e. The quantitative estimate of drug-likeness (QED) is 0.695. The zero-order valence-electron chi connectivity index (χ0n) is 9.33. The summed E-state index contributed by atoms with van der Waals surface area (Å²) >= 11 is 0. The van der Waals surface area contributed by atoms with Gasteiger partial charge in [0, 0.05) is 6.92 Å². The van der Waals surface area contributed by atoms with E-state index in [4.69, 9.17) is 4.74 Å². The number of ether oxygens (including phenoxy) is 1. The van der Waals surface area contributed by atoms with Gasteiger partial charge < -0.3 is 4.74 Å². The molecule has 0 spiro atoms. The van der Waals surface area contributed by atoms with Crippen LogP contribution in [0.15, 0.2) is 29.3 Å². The van der Waals surface area contributed by atoms with Gasteiger partial charge in [-0.05, 0) is 17.7 Å². The Morgan fingerprint density at radius 1 is 1.27 bits per heavy atom. The number of halogens is 1. The zero-order chi connectivity index (χ0) is 11.3. The molecule has 0 bridgehead atoms. The van der Waals surface area contributed by atoms with Crippen LogP contribution in [-0.2, 0) is 4.74 Å². The summed E-state index contributed by atoms with van der Waals surface area (Å²) in [7, 11) is 0. The second-order valence-corrected chi connectivity index (χ2v) is 3.03. The van der Waals surface area contributed by atoms with Gasteiger partial charge >= 0.3 is 0 Å². The van der Waals surface area contributed by atoms with Crippen molar-refractivity contribution < 1.29 is 9.13 Å². The second-order valence-electron chi connectivity index (χ2n) is 3.03. The molecule has 0 aliphatic carbocycles. The molecule has 0 saturated carbocycles. The lowest BCUT2D eigenvalue weighted by Gasteiger charge is -2.04. The molecule has 0 N–H and O–H groups in total. The topological polar surface area (TPSA) is 21.6 Å². The van der Waals surface area contributed by atoms with Crippen LogP contribution < -0.4 is 0 Å². The fourth-order valence-corrected chi connectivity index (χ4v) is 1.35. The van der Waals surface area contributed by atoms with Gasteiger partial charge in [-0.3, -0.25) is 0 Å². The van der Waals surface area contributed by atoms with E-state index in [-0.39, 0.29) is 11.9 Å². The van der Waals surface area contributed by atoms with E-state index in [1.54, 1.807) is 12.1 Å². The lowest BCUT2D eigenvalue weighted by atomic mass is 10.1. The molecule has 0 aromatic heterocycles. The summed E-state index contributed by atoms with van der Waals surface area (Å²) in [5.74, 6) is 0.484. The first-order chi connectivity index (χ1) is 7.25. The molecule has 0 fully saturated rings. The van der Waals surface area contributed by atoms with Crippen molar-refractivity contribution in [1.29, 1.82) is 0 Å². The van der Waals surface area contributed by atoms with Gasteiger partial charge in [-0.2, -0.15) is 0 Å². The van der Waals surface area contributed by atoms with Crippen LogP contribution in [0, 0.1) is 5.82 Å². The Morgan fingerprint density at radius 2 is 1.87 bits per heavy atom. The highest BCUT2D eigenvalue weighted by atomic mass is 19.1. The molecule has 2 rings (SSSR count). The van der Waals surface area contributed by atoms with E-state index >= 15 is 0 Å². The van der Waals surface area contributed by atoms with Crippen LogP contribution >= 0.6 is 0 Å². The van der Waals surface area contributed by atoms with Gasteiger partial charge in [0.2, 0.25) is 0 Å². The standard InChI is InChI=1S/C10H10FNO.C2H6/c1-7-12-10(6-13-7)8-2-4-9(11)5-3-8;1-2/h2-5,10H,6H2,1H3;1-2H3. The Bertz CT molecular complexity index is 332. The Morgan fingerprint density at radius 3 is 2.33 bits per heavy atom. The van der Waals surface area contributed by atoms with Crippen molar-refractivity contribution in [3.8, 4) is 0 Å². The maximum atomic E-state index is 12.6. The molecule has 0 radical (unpaired) electrons. The number of hydrogen-bond donors (Lipinski definition) is 0. The highest BCUT2D eigenvalue weighted by molar-refractivity contribution is 5.74. The average Bonchev–Trinajstić information content (AvgIpc) is 2.69. The lowest BCUT2D eigenvalue weighted by Crippen LogP contribution is -1.97. The second kappa shape index (κ2) is 5.49. The third kappa shape index (κ3) is 3.05. The summed E-state index contributed by atoms with van der Waals surface area (Å²) in [4.78, 5) is 4.26. The Hall–Kier alpha value is -1.38. The fraction of sp³-hybridized carbons (Fsp3) is 0.417. The Balaban J connectivity index is 0.000000531. The Kier molecular flexibility index (Phi) is 4.28. The highest BCUT2D eigenvalue weighted by Crippen LogP contribution is 2.22. The van der Waals surface area contributed by atoms with Crippen LogP contribution in [-0.4, -0.2) is 12.5 Å². The van der Waals surface area contributed by atoms with E-state index in [2.05, 4.69) is 4.99 Å². The van der Waals surface area contributed by atoms with Gasteiger partial charge in [-0.1, -0.05) is 26.0 Å². The molecule has 15 heavy (non-hydrogen) atoms. The molecule has 1 aromatic rings. The predicted molar refractivity (Wildman–Crippen MR) is 59.6 cm³/mol. The van der Waals surface area contributed by atoms with Crippen LogP contribution in [0.2, 0.25) is 0 Å². The fourth-order valence-electron chi connectivity index (χ4n) is 1.35. The molecule has 1 aromatic carbocycles. The average molecular weight is 209 g/mol. The van der Waals surface area contributed by atoms with E-state index in [1.165, 1.54) is 12.1 Å². The lowest BCUT2D eigenvalue weighted by molar-refractivity contribution is 0.317. The summed E-state index contributed by atoms with van der Waals surface area (Å²) in [5.41, 5.74) is 0.998. The molecule has 1 aliphatic heterocycles. The summed E-state index contributed by atoms with van der Waals surface area (Å²) in [6.45, 7) is 6.39. The maximum Gasteiger partial charge on any atom is 0.180 e. The molecule has 82 valence electrons. The summed E-state index contributed by atoms with van der Waals surface area (Å²) < 4.78 is 17.8. The summed E-state index contributed by atoms with van der Waals surface area (Å²) in [6.07, 6.45) is 0. The molecule has 0 saturated heterocycles. The SMILES string of the molecule is CC.CC1=NC(c2ccc(F)cc2)CO1. The van der Waals surface area contributed by atoms with Crippen LogP contribution in [0.1, 0.15) is 32.4 Å². The van der Waals surface area contributed by atoms with Crippen LogP contribution in [0.25, 0.3) is 0 Å². The van der Waals surface area contributed by atoms with Gasteiger partial charge in [0.05, 0.1) is 0 Å². The first kappa shape index (κ1) is 11.7. The zero-order valence-corrected chi connectivity index (χ0v) is 9.33. The summed E-state index contributed by atoms with van der Waals surface area (Å²) in [6, 6.07) is 6.41. The van der Waals surface area contributed by atoms with Gasteiger partial charge in [0.25, 0.3) is 0 Å². The van der Waals surface area contributed by atoms with E-state index < -0.39 is 0 Å². The predicted octanol–water partition coefficient (Wildman–Crippen LogP) is 3.34. The monoisotopic (exact) mass is 209 g/mol. The molecule has 2 nitrogen and oxygen atoms in total. The molecule has 1 unspecified atom stereocenters. The first-order valence-electron chi connectivity index (χ1n) is 5.18. The third-order valence-electron chi connectivity index (χ3n) is 2.04. The molecular weight excluding hydrogens is 193 g/mol. The number of hydrogen-bond acceptors (Lipinski definition) is 2. The number of aliphatic imine (C=N–C) groups is 1. The van der Waals surface area contributed by atoms with Crippen LogP contribution in [0.5, 0.6) is 0 Å². The first-order valence-corrected chi connectivity index (χ1v) is 5.18. The molecule has 1 atom stereocenters. The molecule has 1 heterocycles. The van der Waals surface area contributed by atoms with Crippen molar-refractivity contribution in [2.24, 2.45) is 4.99 Å². The van der Waals surface area contributed by atoms with Crippen LogP contribution in [0.4, 0.5) is 4.39 Å². The van der Waals surface area contributed by atoms with E-state index in [0.717, 1.165) is 5.56 Å². The van der Waals surface area contributed by atoms with E-state index in [1.807, 2.05) is 20.8 Å². The van der Waals surface area contributed by atoms with E-state index in [9.17, 15) is 4.39 Å². The Labute approximate surface area is 89.8 Å². The molecule has 1 aliphatic rings. The smallest absolute Gasteiger partial charge is 0.180 e.